The fourth-order valence-electron chi connectivity index (χ4n) is 4.63. The largest absolute Gasteiger partial charge is 0.497 e. The number of halogens is 1. The highest BCUT2D eigenvalue weighted by atomic mass is 35.5. The van der Waals surface area contributed by atoms with Crippen molar-refractivity contribution in [2.75, 3.05) is 24.4 Å². The molecule has 1 heterocycles. The molecule has 212 valence electrons. The molecule has 0 unspecified atom stereocenters. The summed E-state index contributed by atoms with van der Waals surface area (Å²) in [5.41, 5.74) is 3.12. The van der Waals surface area contributed by atoms with Crippen molar-refractivity contribution < 1.29 is 23.9 Å². The number of hydrogen-bond donors (Lipinski definition) is 1. The number of rotatable bonds is 10. The average Bonchev–Trinajstić information content (AvgIpc) is 3.24. The summed E-state index contributed by atoms with van der Waals surface area (Å²) in [7, 11) is 2.92. The molecule has 0 radical (unpaired) electrons. The zero-order valence-corrected chi connectivity index (χ0v) is 23.8. The van der Waals surface area contributed by atoms with Crippen molar-refractivity contribution >= 4 is 40.7 Å². The number of anilines is 2. The quantitative estimate of drug-likeness (QED) is 0.232. The number of hydrogen-bond acceptors (Lipinski definition) is 6. The van der Waals surface area contributed by atoms with Gasteiger partial charge in [0.05, 0.1) is 19.9 Å². The van der Waals surface area contributed by atoms with Crippen molar-refractivity contribution in [3.8, 4) is 11.5 Å². The van der Waals surface area contributed by atoms with Crippen LogP contribution in [0, 0.1) is 0 Å². The molecule has 0 aromatic heterocycles. The maximum Gasteiger partial charge on any atom is 0.283 e. The summed E-state index contributed by atoms with van der Waals surface area (Å²) in [5.74, 6) is -0.733. The zero-order valence-electron chi connectivity index (χ0n) is 23.0. The molecule has 0 fully saturated rings. The molecule has 0 saturated carbocycles. The third-order valence-corrected chi connectivity index (χ3v) is 7.13. The summed E-state index contributed by atoms with van der Waals surface area (Å²) in [6.07, 6.45) is 0. The lowest BCUT2D eigenvalue weighted by Crippen LogP contribution is -2.32. The predicted octanol–water partition coefficient (Wildman–Crippen LogP) is 5.98. The number of benzene rings is 4. The predicted molar refractivity (Wildman–Crippen MR) is 161 cm³/mol. The Morgan fingerprint density at radius 2 is 1.38 bits per heavy atom. The van der Waals surface area contributed by atoms with E-state index in [0.717, 1.165) is 16.0 Å². The third kappa shape index (κ3) is 5.99. The van der Waals surface area contributed by atoms with Crippen LogP contribution in [0.1, 0.15) is 21.5 Å². The molecule has 0 aliphatic carbocycles. The summed E-state index contributed by atoms with van der Waals surface area (Å²) in [6.45, 7) is 0.883. The Balaban J connectivity index is 1.35. The van der Waals surface area contributed by atoms with Crippen LogP contribution < -0.4 is 19.7 Å². The van der Waals surface area contributed by atoms with Crippen LogP contribution in [0.2, 0.25) is 0 Å². The Labute approximate surface area is 248 Å². The standard InChI is InChI=1S/C33H28ClN3O5/c1-41-26-17-18-28(42-2)27(19-26)37-32(39)29(34)30(33(37)40)35-25-15-13-24(14-16-25)31(38)36(20-22-9-5-3-6-10-22)21-23-11-7-4-8-12-23/h3-19,35H,20-21H2,1-2H3. The molecule has 3 amide bonds. The van der Waals surface area contributed by atoms with E-state index in [9.17, 15) is 14.4 Å². The Hall–Kier alpha value is -5.08. The maximum atomic E-state index is 13.6. The molecule has 1 aliphatic rings. The van der Waals surface area contributed by atoms with Crippen LogP contribution in [-0.4, -0.2) is 36.8 Å². The average molecular weight is 582 g/mol. The van der Waals surface area contributed by atoms with E-state index in [1.54, 1.807) is 41.3 Å². The Morgan fingerprint density at radius 1 is 0.786 bits per heavy atom. The molecule has 4 aromatic rings. The van der Waals surface area contributed by atoms with Gasteiger partial charge in [-0.25, -0.2) is 4.90 Å². The van der Waals surface area contributed by atoms with Gasteiger partial charge in [0.15, 0.2) is 0 Å². The van der Waals surface area contributed by atoms with E-state index in [-0.39, 0.29) is 22.3 Å². The van der Waals surface area contributed by atoms with Gasteiger partial charge in [-0.1, -0.05) is 72.3 Å². The minimum atomic E-state index is -0.694. The minimum Gasteiger partial charge on any atom is -0.497 e. The minimum absolute atomic E-state index is 0.0830. The first-order chi connectivity index (χ1) is 20.4. The normalized spacial score (nSPS) is 12.9. The van der Waals surface area contributed by atoms with E-state index in [4.69, 9.17) is 21.1 Å². The number of amides is 3. The molecular formula is C33H28ClN3O5. The fourth-order valence-corrected chi connectivity index (χ4v) is 4.84. The van der Waals surface area contributed by atoms with Gasteiger partial charge in [0.1, 0.15) is 22.2 Å². The highest BCUT2D eigenvalue weighted by Crippen LogP contribution is 2.38. The molecule has 5 rings (SSSR count). The Morgan fingerprint density at radius 3 is 1.93 bits per heavy atom. The highest BCUT2D eigenvalue weighted by molar-refractivity contribution is 6.53. The molecule has 1 N–H and O–H groups in total. The van der Waals surface area contributed by atoms with Gasteiger partial charge in [0.2, 0.25) is 0 Å². The van der Waals surface area contributed by atoms with Crippen LogP contribution in [0.3, 0.4) is 0 Å². The van der Waals surface area contributed by atoms with Gasteiger partial charge >= 0.3 is 0 Å². The molecule has 8 nitrogen and oxygen atoms in total. The molecule has 0 bridgehead atoms. The van der Waals surface area contributed by atoms with Crippen LogP contribution in [0.25, 0.3) is 0 Å². The van der Waals surface area contributed by atoms with Crippen molar-refractivity contribution in [1.29, 1.82) is 0 Å². The number of methoxy groups -OCH3 is 2. The first-order valence-electron chi connectivity index (χ1n) is 13.1. The number of nitrogens with one attached hydrogen (secondary N) is 1. The second-order valence-corrected chi connectivity index (χ2v) is 9.89. The maximum absolute atomic E-state index is 13.6. The van der Waals surface area contributed by atoms with Crippen molar-refractivity contribution in [3.63, 3.8) is 0 Å². The third-order valence-electron chi connectivity index (χ3n) is 6.78. The van der Waals surface area contributed by atoms with Crippen LogP contribution in [0.15, 0.2) is 114 Å². The second-order valence-electron chi connectivity index (χ2n) is 9.51. The van der Waals surface area contributed by atoms with Crippen molar-refractivity contribution in [2.24, 2.45) is 0 Å². The number of nitrogens with zero attached hydrogens (tertiary/aromatic N) is 2. The Kier molecular flexibility index (Phi) is 8.55. The van der Waals surface area contributed by atoms with E-state index in [0.29, 0.717) is 35.8 Å². The van der Waals surface area contributed by atoms with Crippen LogP contribution in [0.4, 0.5) is 11.4 Å². The molecule has 9 heteroatoms. The molecule has 4 aromatic carbocycles. The van der Waals surface area contributed by atoms with E-state index in [1.165, 1.54) is 20.3 Å². The van der Waals surface area contributed by atoms with Gasteiger partial charge < -0.3 is 19.7 Å². The van der Waals surface area contributed by atoms with E-state index >= 15 is 0 Å². The van der Waals surface area contributed by atoms with Crippen molar-refractivity contribution in [3.05, 3.63) is 131 Å². The summed E-state index contributed by atoms with van der Waals surface area (Å²) < 4.78 is 10.6. The van der Waals surface area contributed by atoms with Gasteiger partial charge in [-0.3, -0.25) is 14.4 Å². The van der Waals surface area contributed by atoms with Crippen LogP contribution in [-0.2, 0) is 22.7 Å². The second kappa shape index (κ2) is 12.6. The van der Waals surface area contributed by atoms with Crippen molar-refractivity contribution in [2.45, 2.75) is 13.1 Å². The number of carbonyl (C=O) groups excluding carboxylic acids is 3. The van der Waals surface area contributed by atoms with E-state index in [2.05, 4.69) is 5.32 Å². The topological polar surface area (TPSA) is 88.2 Å². The summed E-state index contributed by atoms with van der Waals surface area (Å²) in [4.78, 5) is 42.7. The number of carbonyl (C=O) groups is 3. The summed E-state index contributed by atoms with van der Waals surface area (Å²) in [5, 5.41) is 2.69. The SMILES string of the molecule is COc1ccc(OC)c(N2C(=O)C(Cl)=C(Nc3ccc(C(=O)N(Cc4ccccc4)Cc4ccccc4)cc3)C2=O)c1. The number of imide groups is 1. The van der Waals surface area contributed by atoms with E-state index < -0.39 is 11.8 Å². The molecule has 0 spiro atoms. The van der Waals surface area contributed by atoms with E-state index in [1.807, 2.05) is 60.7 Å². The monoisotopic (exact) mass is 581 g/mol. The Bertz CT molecular complexity index is 1600. The molecule has 42 heavy (non-hydrogen) atoms. The lowest BCUT2D eigenvalue weighted by Gasteiger charge is -2.23. The van der Waals surface area contributed by atoms with Crippen molar-refractivity contribution in [1.82, 2.24) is 4.90 Å². The molecule has 0 saturated heterocycles. The highest BCUT2D eigenvalue weighted by Gasteiger charge is 2.40. The lowest BCUT2D eigenvalue weighted by molar-refractivity contribution is -0.120. The van der Waals surface area contributed by atoms with Crippen LogP contribution in [0.5, 0.6) is 11.5 Å². The van der Waals surface area contributed by atoms with Crippen LogP contribution >= 0.6 is 11.6 Å². The van der Waals surface area contributed by atoms with Gasteiger partial charge in [-0.2, -0.15) is 0 Å². The number of ether oxygens (including phenoxy) is 2. The zero-order chi connectivity index (χ0) is 29.6. The fraction of sp³-hybridized carbons (Fsp3) is 0.121. The first-order valence-corrected chi connectivity index (χ1v) is 13.5. The summed E-state index contributed by atoms with van der Waals surface area (Å²) >= 11 is 6.34. The molecular weight excluding hydrogens is 554 g/mol. The van der Waals surface area contributed by atoms with Gasteiger partial charge in [-0.05, 0) is 47.5 Å². The smallest absolute Gasteiger partial charge is 0.283 e. The molecule has 0 atom stereocenters. The molecule has 1 aliphatic heterocycles. The van der Waals surface area contributed by atoms with Gasteiger partial charge in [0.25, 0.3) is 17.7 Å². The first kappa shape index (κ1) is 28.4. The van der Waals surface area contributed by atoms with Gasteiger partial charge in [-0.15, -0.1) is 0 Å². The summed E-state index contributed by atoms with van der Waals surface area (Å²) in [6, 6.07) is 31.1. The van der Waals surface area contributed by atoms with Gasteiger partial charge in [0, 0.05) is 30.4 Å². The lowest BCUT2D eigenvalue weighted by atomic mass is 10.1.